The monoisotopic (exact) mass is 315 g/mol. The Morgan fingerprint density at radius 1 is 1.14 bits per heavy atom. The molecule has 0 fully saturated rings. The Labute approximate surface area is 122 Å². The van der Waals surface area contributed by atoms with Crippen molar-refractivity contribution in [2.24, 2.45) is 0 Å². The first kappa shape index (κ1) is 16.9. The number of rotatable bonds is 7. The van der Waals surface area contributed by atoms with Crippen molar-refractivity contribution in [2.45, 2.75) is 6.42 Å². The Morgan fingerprint density at radius 2 is 1.76 bits per heavy atom. The highest BCUT2D eigenvalue weighted by atomic mass is 32.2. The van der Waals surface area contributed by atoms with Gasteiger partial charge in [-0.1, -0.05) is 12.1 Å². The number of anilines is 1. The van der Waals surface area contributed by atoms with Crippen LogP contribution in [0.15, 0.2) is 24.3 Å². The van der Waals surface area contributed by atoms with E-state index in [1.54, 1.807) is 24.3 Å². The maximum absolute atomic E-state index is 11.5. The van der Waals surface area contributed by atoms with Gasteiger partial charge in [0, 0.05) is 18.8 Å². The summed E-state index contributed by atoms with van der Waals surface area (Å²) in [6, 6.07) is 5.92. The van der Waals surface area contributed by atoms with E-state index in [4.69, 9.17) is 5.11 Å². The molecule has 0 atom stereocenters. The third kappa shape index (κ3) is 7.90. The molecule has 0 aliphatic rings. The lowest BCUT2D eigenvalue weighted by Gasteiger charge is -2.08. The van der Waals surface area contributed by atoms with E-state index in [0.717, 1.165) is 6.26 Å². The lowest BCUT2D eigenvalue weighted by molar-refractivity contribution is -0.136. The molecule has 8 nitrogen and oxygen atoms in total. The topological polar surface area (TPSA) is 125 Å². The van der Waals surface area contributed by atoms with Gasteiger partial charge in [-0.3, -0.25) is 4.79 Å². The van der Waals surface area contributed by atoms with Gasteiger partial charge in [0.1, 0.15) is 0 Å². The Kier molecular flexibility index (Phi) is 6.12. The van der Waals surface area contributed by atoms with E-state index >= 15 is 0 Å². The largest absolute Gasteiger partial charge is 0.481 e. The summed E-state index contributed by atoms with van der Waals surface area (Å²) < 4.78 is 23.8. The fourth-order valence-corrected chi connectivity index (χ4v) is 1.94. The molecule has 0 saturated heterocycles. The van der Waals surface area contributed by atoms with Gasteiger partial charge in [-0.05, 0) is 17.7 Å². The van der Waals surface area contributed by atoms with Gasteiger partial charge in [-0.2, -0.15) is 0 Å². The molecule has 0 bridgehead atoms. The highest BCUT2D eigenvalue weighted by Gasteiger charge is 2.04. The van der Waals surface area contributed by atoms with Crippen LogP contribution >= 0.6 is 0 Å². The molecule has 4 N–H and O–H groups in total. The van der Waals surface area contributed by atoms with E-state index in [1.165, 1.54) is 0 Å². The van der Waals surface area contributed by atoms with E-state index in [1.807, 2.05) is 0 Å². The van der Waals surface area contributed by atoms with Gasteiger partial charge in [0.05, 0.1) is 12.7 Å². The van der Waals surface area contributed by atoms with Gasteiger partial charge >= 0.3 is 12.0 Å². The normalized spacial score (nSPS) is 10.9. The molecule has 21 heavy (non-hydrogen) atoms. The number of urea groups is 1. The van der Waals surface area contributed by atoms with Crippen molar-refractivity contribution in [3.63, 3.8) is 0 Å². The van der Waals surface area contributed by atoms with Crippen LogP contribution in [0.5, 0.6) is 0 Å². The van der Waals surface area contributed by atoms with E-state index in [2.05, 4.69) is 15.4 Å². The van der Waals surface area contributed by atoms with Crippen LogP contribution in [0.4, 0.5) is 10.5 Å². The van der Waals surface area contributed by atoms with E-state index in [0.29, 0.717) is 11.3 Å². The quantitative estimate of drug-likeness (QED) is 0.527. The average molecular weight is 315 g/mol. The highest BCUT2D eigenvalue weighted by molar-refractivity contribution is 7.88. The number of hydrogen-bond donors (Lipinski definition) is 4. The SMILES string of the molecule is CS(=O)(=O)NCCNC(=O)Nc1ccc(CC(=O)O)cc1. The number of carbonyl (C=O) groups is 2. The fraction of sp³-hybridized carbons (Fsp3) is 0.333. The van der Waals surface area contributed by atoms with Gasteiger partial charge in [0.25, 0.3) is 0 Å². The van der Waals surface area contributed by atoms with Crippen LogP contribution in [0.1, 0.15) is 5.56 Å². The predicted molar refractivity (Wildman–Crippen MR) is 77.6 cm³/mol. The number of carboxylic acid groups (broad SMARTS) is 1. The molecular weight excluding hydrogens is 298 g/mol. The number of amides is 2. The number of sulfonamides is 1. The third-order valence-electron chi connectivity index (χ3n) is 2.34. The molecule has 0 aliphatic heterocycles. The predicted octanol–water partition coefficient (Wildman–Crippen LogP) is -0.0156. The van der Waals surface area contributed by atoms with Gasteiger partial charge in [-0.15, -0.1) is 0 Å². The fourth-order valence-electron chi connectivity index (χ4n) is 1.47. The molecular formula is C12H17N3O5S. The molecule has 1 aromatic rings. The standard InChI is InChI=1S/C12H17N3O5S/c1-21(19,20)14-7-6-13-12(18)15-10-4-2-9(3-5-10)8-11(16)17/h2-5,14H,6-8H2,1H3,(H,16,17)(H2,13,15,18). The summed E-state index contributed by atoms with van der Waals surface area (Å²) in [5, 5.41) is 13.7. The molecule has 1 aromatic carbocycles. The minimum atomic E-state index is -3.27. The first-order valence-corrected chi connectivity index (χ1v) is 7.95. The number of hydrogen-bond acceptors (Lipinski definition) is 4. The van der Waals surface area contributed by atoms with Crippen LogP contribution in [0.3, 0.4) is 0 Å². The van der Waals surface area contributed by atoms with Crippen LogP contribution in [0.2, 0.25) is 0 Å². The molecule has 0 saturated carbocycles. The summed E-state index contributed by atoms with van der Waals surface area (Å²) in [4.78, 5) is 22.0. The molecule has 9 heteroatoms. The molecule has 0 aliphatic carbocycles. The number of nitrogens with one attached hydrogen (secondary N) is 3. The molecule has 2 amide bonds. The van der Waals surface area contributed by atoms with Crippen molar-refractivity contribution in [3.8, 4) is 0 Å². The van der Waals surface area contributed by atoms with Gasteiger partial charge < -0.3 is 15.7 Å². The zero-order valence-corrected chi connectivity index (χ0v) is 12.2. The van der Waals surface area contributed by atoms with Crippen molar-refractivity contribution >= 4 is 27.7 Å². The van der Waals surface area contributed by atoms with Crippen LogP contribution in [0, 0.1) is 0 Å². The van der Waals surface area contributed by atoms with E-state index in [9.17, 15) is 18.0 Å². The van der Waals surface area contributed by atoms with Crippen molar-refractivity contribution in [2.75, 3.05) is 24.7 Å². The Hall–Kier alpha value is -2.13. The average Bonchev–Trinajstić information content (AvgIpc) is 2.35. The van der Waals surface area contributed by atoms with Crippen molar-refractivity contribution < 1.29 is 23.1 Å². The van der Waals surface area contributed by atoms with Gasteiger partial charge in [-0.25, -0.2) is 17.9 Å². The van der Waals surface area contributed by atoms with Crippen LogP contribution in [0.25, 0.3) is 0 Å². The molecule has 0 spiro atoms. The first-order valence-electron chi connectivity index (χ1n) is 6.06. The molecule has 0 unspecified atom stereocenters. The van der Waals surface area contributed by atoms with Crippen LogP contribution in [-0.4, -0.2) is 44.9 Å². The Morgan fingerprint density at radius 3 is 2.29 bits per heavy atom. The van der Waals surface area contributed by atoms with Crippen molar-refractivity contribution in [1.29, 1.82) is 0 Å². The number of aliphatic carboxylic acids is 1. The van der Waals surface area contributed by atoms with Crippen molar-refractivity contribution in [1.82, 2.24) is 10.0 Å². The summed E-state index contributed by atoms with van der Waals surface area (Å²) in [6.45, 7) is 0.250. The van der Waals surface area contributed by atoms with Gasteiger partial charge in [0.15, 0.2) is 0 Å². The van der Waals surface area contributed by atoms with Crippen LogP contribution in [-0.2, 0) is 21.2 Å². The summed E-state index contributed by atoms with van der Waals surface area (Å²) in [7, 11) is -3.27. The number of carbonyl (C=O) groups excluding carboxylic acids is 1. The third-order valence-corrected chi connectivity index (χ3v) is 3.07. The zero-order chi connectivity index (χ0) is 15.9. The number of benzene rings is 1. The summed E-state index contributed by atoms with van der Waals surface area (Å²) in [5.74, 6) is -0.924. The Balaban J connectivity index is 2.36. The van der Waals surface area contributed by atoms with Crippen LogP contribution < -0.4 is 15.4 Å². The molecule has 0 aromatic heterocycles. The second kappa shape index (κ2) is 7.60. The molecule has 116 valence electrons. The minimum Gasteiger partial charge on any atom is -0.481 e. The van der Waals surface area contributed by atoms with E-state index in [-0.39, 0.29) is 19.5 Å². The lowest BCUT2D eigenvalue weighted by atomic mass is 10.1. The summed E-state index contributed by atoms with van der Waals surface area (Å²) >= 11 is 0. The highest BCUT2D eigenvalue weighted by Crippen LogP contribution is 2.09. The summed E-state index contributed by atoms with van der Waals surface area (Å²) in [5.41, 5.74) is 1.14. The summed E-state index contributed by atoms with van der Waals surface area (Å²) in [6.07, 6.45) is 0.954. The zero-order valence-electron chi connectivity index (χ0n) is 11.4. The molecule has 1 rings (SSSR count). The smallest absolute Gasteiger partial charge is 0.319 e. The van der Waals surface area contributed by atoms with Gasteiger partial charge in [0.2, 0.25) is 10.0 Å². The van der Waals surface area contributed by atoms with Crippen molar-refractivity contribution in [3.05, 3.63) is 29.8 Å². The second-order valence-electron chi connectivity index (χ2n) is 4.31. The first-order chi connectivity index (χ1) is 9.76. The number of carboxylic acids is 1. The second-order valence-corrected chi connectivity index (χ2v) is 6.15. The molecule has 0 radical (unpaired) electrons. The maximum Gasteiger partial charge on any atom is 0.319 e. The Bertz CT molecular complexity index is 598. The lowest BCUT2D eigenvalue weighted by Crippen LogP contribution is -2.36. The molecule has 0 heterocycles. The maximum atomic E-state index is 11.5. The van der Waals surface area contributed by atoms with E-state index < -0.39 is 22.0 Å². The minimum absolute atomic E-state index is 0.0797.